The molecule has 2 saturated heterocycles. The van der Waals surface area contributed by atoms with Crippen LogP contribution in [0.25, 0.3) is 0 Å². The number of rotatable bonds is 3. The standard InChI is InChI=1S/C14H26N2O3/c1-10(13-4-3-9-19-13)15-14(18)16-7-5-12(6-8-16)11(2)17/h10-13,17H,3-9H2,1-2H3,(H,15,18). The minimum absolute atomic E-state index is 0.00652. The fourth-order valence-corrected chi connectivity index (χ4v) is 2.96. The van der Waals surface area contributed by atoms with Crippen molar-refractivity contribution in [3.63, 3.8) is 0 Å². The van der Waals surface area contributed by atoms with E-state index in [4.69, 9.17) is 4.74 Å². The molecule has 3 atom stereocenters. The lowest BCUT2D eigenvalue weighted by Crippen LogP contribution is -2.50. The van der Waals surface area contributed by atoms with E-state index < -0.39 is 0 Å². The zero-order valence-electron chi connectivity index (χ0n) is 12.0. The first-order valence-electron chi connectivity index (χ1n) is 7.43. The van der Waals surface area contributed by atoms with Gasteiger partial charge in [0.05, 0.1) is 18.2 Å². The van der Waals surface area contributed by atoms with Gasteiger partial charge in [-0.05, 0) is 45.4 Å². The number of carbonyl (C=O) groups excluding carboxylic acids is 1. The number of urea groups is 1. The van der Waals surface area contributed by atoms with Crippen LogP contribution in [0.4, 0.5) is 4.79 Å². The molecule has 110 valence electrons. The van der Waals surface area contributed by atoms with E-state index in [0.717, 1.165) is 45.4 Å². The van der Waals surface area contributed by atoms with Gasteiger partial charge in [-0.2, -0.15) is 0 Å². The number of aliphatic hydroxyl groups excluding tert-OH is 1. The first-order valence-corrected chi connectivity index (χ1v) is 7.43. The van der Waals surface area contributed by atoms with Crippen LogP contribution in [-0.4, -0.2) is 54.0 Å². The van der Waals surface area contributed by atoms with Crippen molar-refractivity contribution < 1.29 is 14.6 Å². The number of hydrogen-bond acceptors (Lipinski definition) is 3. The molecule has 2 amide bonds. The first-order chi connectivity index (χ1) is 9.08. The summed E-state index contributed by atoms with van der Waals surface area (Å²) in [7, 11) is 0. The van der Waals surface area contributed by atoms with Crippen molar-refractivity contribution in [1.82, 2.24) is 10.2 Å². The number of nitrogens with zero attached hydrogens (tertiary/aromatic N) is 1. The Kier molecular flexibility index (Phi) is 5.05. The average Bonchev–Trinajstić information content (AvgIpc) is 2.92. The zero-order chi connectivity index (χ0) is 13.8. The molecule has 5 nitrogen and oxygen atoms in total. The number of aliphatic hydroxyl groups is 1. The molecular formula is C14H26N2O3. The molecule has 2 N–H and O–H groups in total. The van der Waals surface area contributed by atoms with Crippen LogP contribution in [0.15, 0.2) is 0 Å². The van der Waals surface area contributed by atoms with E-state index in [0.29, 0.717) is 5.92 Å². The predicted molar refractivity (Wildman–Crippen MR) is 72.9 cm³/mol. The van der Waals surface area contributed by atoms with Crippen LogP contribution in [0, 0.1) is 5.92 Å². The molecule has 0 aromatic rings. The number of ether oxygens (including phenoxy) is 1. The van der Waals surface area contributed by atoms with Crippen molar-refractivity contribution in [1.29, 1.82) is 0 Å². The largest absolute Gasteiger partial charge is 0.393 e. The van der Waals surface area contributed by atoms with Crippen LogP contribution in [0.5, 0.6) is 0 Å². The summed E-state index contributed by atoms with van der Waals surface area (Å²) in [6.45, 7) is 6.13. The highest BCUT2D eigenvalue weighted by Crippen LogP contribution is 2.21. The molecule has 0 aromatic heterocycles. The van der Waals surface area contributed by atoms with E-state index in [9.17, 15) is 9.90 Å². The van der Waals surface area contributed by atoms with Crippen LogP contribution in [0.3, 0.4) is 0 Å². The Bertz CT molecular complexity index is 295. The third-order valence-electron chi connectivity index (χ3n) is 4.38. The third-order valence-corrected chi connectivity index (χ3v) is 4.38. The van der Waals surface area contributed by atoms with Crippen molar-refractivity contribution >= 4 is 6.03 Å². The minimum atomic E-state index is -0.268. The third kappa shape index (κ3) is 3.83. The maximum absolute atomic E-state index is 12.1. The Labute approximate surface area is 115 Å². The lowest BCUT2D eigenvalue weighted by Gasteiger charge is -2.34. The van der Waals surface area contributed by atoms with Gasteiger partial charge in [-0.15, -0.1) is 0 Å². The molecule has 3 unspecified atom stereocenters. The van der Waals surface area contributed by atoms with Crippen LogP contribution in [-0.2, 0) is 4.74 Å². The van der Waals surface area contributed by atoms with Crippen LogP contribution in [0.2, 0.25) is 0 Å². The maximum Gasteiger partial charge on any atom is 0.317 e. The van der Waals surface area contributed by atoms with Crippen molar-refractivity contribution in [2.75, 3.05) is 19.7 Å². The molecule has 2 rings (SSSR count). The Hall–Kier alpha value is -0.810. The highest BCUT2D eigenvalue weighted by molar-refractivity contribution is 5.74. The van der Waals surface area contributed by atoms with Crippen molar-refractivity contribution in [2.45, 2.75) is 57.8 Å². The lowest BCUT2D eigenvalue weighted by atomic mass is 9.92. The summed E-state index contributed by atoms with van der Waals surface area (Å²) in [6, 6.07) is 0.0801. The molecule has 2 aliphatic rings. The van der Waals surface area contributed by atoms with Gasteiger partial charge in [0.1, 0.15) is 0 Å². The van der Waals surface area contributed by atoms with Gasteiger partial charge < -0.3 is 20.1 Å². The lowest BCUT2D eigenvalue weighted by molar-refractivity contribution is 0.0703. The second-order valence-corrected chi connectivity index (χ2v) is 5.85. The van der Waals surface area contributed by atoms with Gasteiger partial charge in [0.2, 0.25) is 0 Å². The summed E-state index contributed by atoms with van der Waals surface area (Å²) in [5, 5.41) is 12.6. The number of carbonyl (C=O) groups is 1. The summed E-state index contributed by atoms with van der Waals surface area (Å²) < 4.78 is 5.59. The molecule has 0 aromatic carbocycles. The Morgan fingerprint density at radius 3 is 2.53 bits per heavy atom. The fourth-order valence-electron chi connectivity index (χ4n) is 2.96. The molecule has 0 spiro atoms. The highest BCUT2D eigenvalue weighted by atomic mass is 16.5. The van der Waals surface area contributed by atoms with Gasteiger partial charge >= 0.3 is 6.03 Å². The maximum atomic E-state index is 12.1. The van der Waals surface area contributed by atoms with Crippen LogP contribution in [0.1, 0.15) is 39.5 Å². The highest BCUT2D eigenvalue weighted by Gasteiger charge is 2.28. The molecular weight excluding hydrogens is 244 g/mol. The molecule has 0 bridgehead atoms. The fraction of sp³-hybridized carbons (Fsp3) is 0.929. The number of hydrogen-bond donors (Lipinski definition) is 2. The van der Waals surface area contributed by atoms with Crippen LogP contribution >= 0.6 is 0 Å². The number of piperidine rings is 1. The topological polar surface area (TPSA) is 61.8 Å². The van der Waals surface area contributed by atoms with E-state index in [2.05, 4.69) is 5.32 Å². The second kappa shape index (κ2) is 6.57. The van der Waals surface area contributed by atoms with Crippen LogP contribution < -0.4 is 5.32 Å². The zero-order valence-corrected chi connectivity index (χ0v) is 12.0. The van der Waals surface area contributed by atoms with E-state index in [-0.39, 0.29) is 24.3 Å². The average molecular weight is 270 g/mol. The monoisotopic (exact) mass is 270 g/mol. The smallest absolute Gasteiger partial charge is 0.317 e. The summed E-state index contributed by atoms with van der Waals surface area (Å²) in [6.07, 6.45) is 3.80. The summed E-state index contributed by atoms with van der Waals surface area (Å²) >= 11 is 0. The quantitative estimate of drug-likeness (QED) is 0.814. The SMILES string of the molecule is CC(O)C1CCN(C(=O)NC(C)C2CCCO2)CC1. The Morgan fingerprint density at radius 2 is 2.00 bits per heavy atom. The molecule has 2 fully saturated rings. The molecule has 0 saturated carbocycles. The van der Waals surface area contributed by atoms with E-state index in [1.165, 1.54) is 0 Å². The van der Waals surface area contributed by atoms with E-state index >= 15 is 0 Å². The minimum Gasteiger partial charge on any atom is -0.393 e. The summed E-state index contributed by atoms with van der Waals surface area (Å²) in [4.78, 5) is 14.0. The van der Waals surface area contributed by atoms with Crippen molar-refractivity contribution in [2.24, 2.45) is 5.92 Å². The molecule has 5 heteroatoms. The van der Waals surface area contributed by atoms with E-state index in [1.807, 2.05) is 18.7 Å². The number of nitrogens with one attached hydrogen (secondary N) is 1. The van der Waals surface area contributed by atoms with E-state index in [1.54, 1.807) is 0 Å². The molecule has 2 aliphatic heterocycles. The normalized spacial score (nSPS) is 28.2. The Morgan fingerprint density at radius 1 is 1.32 bits per heavy atom. The molecule has 19 heavy (non-hydrogen) atoms. The molecule has 2 heterocycles. The van der Waals surface area contributed by atoms with Gasteiger partial charge in [-0.1, -0.05) is 0 Å². The molecule has 0 aliphatic carbocycles. The predicted octanol–water partition coefficient (Wildman–Crippen LogP) is 1.36. The van der Waals surface area contributed by atoms with Gasteiger partial charge in [0, 0.05) is 19.7 Å². The Balaban J connectivity index is 1.74. The van der Waals surface area contributed by atoms with Crippen molar-refractivity contribution in [3.05, 3.63) is 0 Å². The van der Waals surface area contributed by atoms with Gasteiger partial charge in [0.15, 0.2) is 0 Å². The van der Waals surface area contributed by atoms with Gasteiger partial charge in [-0.25, -0.2) is 4.79 Å². The molecule has 0 radical (unpaired) electrons. The summed E-state index contributed by atoms with van der Waals surface area (Å²) in [5.41, 5.74) is 0. The second-order valence-electron chi connectivity index (χ2n) is 5.85. The van der Waals surface area contributed by atoms with Crippen molar-refractivity contribution in [3.8, 4) is 0 Å². The number of likely N-dealkylation sites (tertiary alicyclic amines) is 1. The first kappa shape index (κ1) is 14.6. The number of amides is 2. The summed E-state index contributed by atoms with van der Waals surface area (Å²) in [5.74, 6) is 0.333. The van der Waals surface area contributed by atoms with Gasteiger partial charge in [0.25, 0.3) is 0 Å². The van der Waals surface area contributed by atoms with Gasteiger partial charge in [-0.3, -0.25) is 0 Å².